The van der Waals surface area contributed by atoms with Gasteiger partial charge in [0.25, 0.3) is 0 Å². The van der Waals surface area contributed by atoms with Gasteiger partial charge < -0.3 is 14.6 Å². The molecule has 0 aliphatic rings. The second-order valence-electron chi connectivity index (χ2n) is 5.22. The molecule has 0 aliphatic carbocycles. The van der Waals surface area contributed by atoms with E-state index in [1.165, 1.54) is 25.1 Å². The van der Waals surface area contributed by atoms with Crippen molar-refractivity contribution in [3.63, 3.8) is 0 Å². The van der Waals surface area contributed by atoms with E-state index in [4.69, 9.17) is 4.74 Å². The Labute approximate surface area is 140 Å². The highest BCUT2D eigenvalue weighted by atomic mass is 19.4. The van der Waals surface area contributed by atoms with E-state index in [2.05, 4.69) is 4.74 Å². The monoisotopic (exact) mass is 358 g/mol. The van der Waals surface area contributed by atoms with Gasteiger partial charge >= 0.3 is 12.3 Å². The summed E-state index contributed by atoms with van der Waals surface area (Å²) in [6, 6.07) is 7.28. The number of aromatic hydroxyl groups is 1. The Morgan fingerprint density at radius 3 is 2.28 bits per heavy atom. The summed E-state index contributed by atoms with van der Waals surface area (Å²) < 4.78 is 59.0. The van der Waals surface area contributed by atoms with E-state index in [1.54, 1.807) is 0 Å². The van der Waals surface area contributed by atoms with Crippen molar-refractivity contribution in [2.75, 3.05) is 0 Å². The van der Waals surface area contributed by atoms with Crippen LogP contribution in [0, 0.1) is 5.82 Å². The minimum Gasteiger partial charge on any atom is -0.508 e. The van der Waals surface area contributed by atoms with Crippen LogP contribution in [0.1, 0.15) is 23.6 Å². The van der Waals surface area contributed by atoms with Gasteiger partial charge in [-0.2, -0.15) is 0 Å². The molecule has 2 rings (SSSR count). The first kappa shape index (κ1) is 18.6. The third-order valence-corrected chi connectivity index (χ3v) is 3.21. The van der Waals surface area contributed by atoms with Crippen molar-refractivity contribution >= 4 is 5.97 Å². The molecule has 134 valence electrons. The molecule has 2 aromatic rings. The highest BCUT2D eigenvalue weighted by Crippen LogP contribution is 2.28. The number of alkyl halides is 3. The van der Waals surface area contributed by atoms with Gasteiger partial charge in [-0.25, -0.2) is 4.39 Å². The van der Waals surface area contributed by atoms with Crippen LogP contribution in [0.5, 0.6) is 11.5 Å². The first-order chi connectivity index (χ1) is 11.6. The fourth-order valence-corrected chi connectivity index (χ4v) is 2.13. The van der Waals surface area contributed by atoms with E-state index in [0.29, 0.717) is 5.56 Å². The van der Waals surface area contributed by atoms with Crippen LogP contribution >= 0.6 is 0 Å². The molecule has 0 saturated heterocycles. The lowest BCUT2D eigenvalue weighted by Crippen LogP contribution is -2.17. The van der Waals surface area contributed by atoms with Crippen LogP contribution in [0.25, 0.3) is 0 Å². The van der Waals surface area contributed by atoms with Crippen molar-refractivity contribution in [2.24, 2.45) is 0 Å². The Balaban J connectivity index is 2.13. The number of carbonyl (C=O) groups is 1. The number of phenolic OH excluding ortho intramolecular Hbond substituents is 1. The first-order valence-electron chi connectivity index (χ1n) is 7.12. The van der Waals surface area contributed by atoms with Gasteiger partial charge in [0.15, 0.2) is 0 Å². The number of hydrogen-bond donors (Lipinski definition) is 1. The van der Waals surface area contributed by atoms with Crippen molar-refractivity contribution in [1.82, 2.24) is 0 Å². The molecule has 0 aliphatic heterocycles. The van der Waals surface area contributed by atoms with Crippen molar-refractivity contribution in [3.05, 3.63) is 58.9 Å². The Morgan fingerprint density at radius 2 is 1.76 bits per heavy atom. The van der Waals surface area contributed by atoms with E-state index in [9.17, 15) is 27.5 Å². The summed E-state index contributed by atoms with van der Waals surface area (Å²) in [5, 5.41) is 9.95. The molecule has 25 heavy (non-hydrogen) atoms. The van der Waals surface area contributed by atoms with Crippen LogP contribution < -0.4 is 4.74 Å². The van der Waals surface area contributed by atoms with Crippen LogP contribution in [0.3, 0.4) is 0 Å². The fourth-order valence-electron chi connectivity index (χ4n) is 2.13. The zero-order chi connectivity index (χ0) is 18.6. The van der Waals surface area contributed by atoms with Gasteiger partial charge in [0.1, 0.15) is 23.9 Å². The van der Waals surface area contributed by atoms with Crippen molar-refractivity contribution in [2.45, 2.75) is 26.3 Å². The van der Waals surface area contributed by atoms with E-state index >= 15 is 0 Å². The fraction of sp³-hybridized carbons (Fsp3) is 0.235. The maximum Gasteiger partial charge on any atom is 0.573 e. The summed E-state index contributed by atoms with van der Waals surface area (Å²) in [6.07, 6.45) is -4.82. The molecule has 0 radical (unpaired) electrons. The average Bonchev–Trinajstić information content (AvgIpc) is 2.49. The third-order valence-electron chi connectivity index (χ3n) is 3.21. The predicted octanol–water partition coefficient (Wildman–Crippen LogP) is 4.08. The number of esters is 1. The summed E-state index contributed by atoms with van der Waals surface area (Å²) in [7, 11) is 0. The topological polar surface area (TPSA) is 55.8 Å². The van der Waals surface area contributed by atoms with Crippen molar-refractivity contribution in [1.29, 1.82) is 0 Å². The normalized spacial score (nSPS) is 11.2. The lowest BCUT2D eigenvalue weighted by Gasteiger charge is -2.11. The van der Waals surface area contributed by atoms with E-state index < -0.39 is 23.9 Å². The SMILES string of the molecule is CC(=O)OCc1cc(O)c(Cc2ccc(OC(F)(F)F)cc2)c(F)c1. The lowest BCUT2D eigenvalue weighted by atomic mass is 10.0. The van der Waals surface area contributed by atoms with E-state index in [-0.39, 0.29) is 29.9 Å². The summed E-state index contributed by atoms with van der Waals surface area (Å²) in [6.45, 7) is 1.03. The molecule has 1 N–H and O–H groups in total. The van der Waals surface area contributed by atoms with Crippen LogP contribution in [-0.2, 0) is 22.6 Å². The van der Waals surface area contributed by atoms with Crippen LogP contribution in [-0.4, -0.2) is 17.4 Å². The van der Waals surface area contributed by atoms with Gasteiger partial charge in [0.05, 0.1) is 0 Å². The Hall–Kier alpha value is -2.77. The number of benzene rings is 2. The minimum absolute atomic E-state index is 0.0175. The molecular weight excluding hydrogens is 344 g/mol. The summed E-state index contributed by atoms with van der Waals surface area (Å²) in [5.41, 5.74) is 0.746. The molecule has 0 bridgehead atoms. The third kappa shape index (κ3) is 5.66. The number of ether oxygens (including phenoxy) is 2. The Morgan fingerprint density at radius 1 is 1.12 bits per heavy atom. The highest BCUT2D eigenvalue weighted by Gasteiger charge is 2.30. The zero-order valence-electron chi connectivity index (χ0n) is 13.1. The molecule has 8 heteroatoms. The van der Waals surface area contributed by atoms with E-state index in [1.807, 2.05) is 0 Å². The number of rotatable bonds is 5. The van der Waals surface area contributed by atoms with Gasteiger partial charge in [-0.15, -0.1) is 13.2 Å². The number of halogens is 4. The quantitative estimate of drug-likeness (QED) is 0.646. The summed E-state index contributed by atoms with van der Waals surface area (Å²) >= 11 is 0. The molecule has 4 nitrogen and oxygen atoms in total. The van der Waals surface area contributed by atoms with Gasteiger partial charge in [-0.1, -0.05) is 12.1 Å². The lowest BCUT2D eigenvalue weighted by molar-refractivity contribution is -0.274. The minimum atomic E-state index is -4.79. The van der Waals surface area contributed by atoms with Gasteiger partial charge in [0, 0.05) is 18.9 Å². The molecule has 0 saturated carbocycles. The number of phenols is 1. The summed E-state index contributed by atoms with van der Waals surface area (Å²) in [4.78, 5) is 10.8. The molecule has 0 unspecified atom stereocenters. The molecular formula is C17H14F4O4. The maximum atomic E-state index is 14.1. The molecule has 0 aromatic heterocycles. The standard InChI is InChI=1S/C17H14F4O4/c1-10(22)24-9-12-7-15(18)14(16(23)8-12)6-11-2-4-13(5-3-11)25-17(19,20)21/h2-5,7-8,23H,6,9H2,1H3. The maximum absolute atomic E-state index is 14.1. The van der Waals surface area contributed by atoms with Gasteiger partial charge in [-0.3, -0.25) is 4.79 Å². The molecule has 0 heterocycles. The van der Waals surface area contributed by atoms with Gasteiger partial charge in [-0.05, 0) is 35.4 Å². The largest absolute Gasteiger partial charge is 0.573 e. The smallest absolute Gasteiger partial charge is 0.508 e. The molecule has 0 fully saturated rings. The summed E-state index contributed by atoms with van der Waals surface area (Å²) in [5.74, 6) is -1.97. The van der Waals surface area contributed by atoms with Crippen LogP contribution in [0.15, 0.2) is 36.4 Å². The molecule has 2 aromatic carbocycles. The Kier molecular flexibility index (Phi) is 5.51. The Bertz CT molecular complexity index is 731. The number of hydrogen-bond acceptors (Lipinski definition) is 4. The first-order valence-corrected chi connectivity index (χ1v) is 7.12. The van der Waals surface area contributed by atoms with E-state index in [0.717, 1.165) is 18.2 Å². The zero-order valence-corrected chi connectivity index (χ0v) is 13.1. The molecule has 0 amide bonds. The second kappa shape index (κ2) is 7.42. The van der Waals surface area contributed by atoms with Crippen molar-refractivity contribution < 1.29 is 36.9 Å². The van der Waals surface area contributed by atoms with Gasteiger partial charge in [0.2, 0.25) is 0 Å². The average molecular weight is 358 g/mol. The number of carbonyl (C=O) groups excluding carboxylic acids is 1. The van der Waals surface area contributed by atoms with Crippen LogP contribution in [0.4, 0.5) is 17.6 Å². The molecule has 0 atom stereocenters. The molecule has 0 spiro atoms. The predicted molar refractivity (Wildman–Crippen MR) is 79.5 cm³/mol. The van der Waals surface area contributed by atoms with Crippen LogP contribution in [0.2, 0.25) is 0 Å². The second-order valence-corrected chi connectivity index (χ2v) is 5.22. The van der Waals surface area contributed by atoms with Crippen molar-refractivity contribution in [3.8, 4) is 11.5 Å². The highest BCUT2D eigenvalue weighted by molar-refractivity contribution is 5.65.